The number of hydrogen-bond acceptors (Lipinski definition) is 4. The molecule has 1 aliphatic rings. The highest BCUT2D eigenvalue weighted by atomic mass is 32.1. The summed E-state index contributed by atoms with van der Waals surface area (Å²) >= 11 is 1.22. The fraction of sp³-hybridized carbons (Fsp3) is 0.375. The van der Waals surface area contributed by atoms with Gasteiger partial charge in [0, 0.05) is 12.1 Å². The van der Waals surface area contributed by atoms with Crippen LogP contribution in [0.25, 0.3) is 10.6 Å². The lowest BCUT2D eigenvalue weighted by Gasteiger charge is -2.22. The summed E-state index contributed by atoms with van der Waals surface area (Å²) < 4.78 is 13.7. The minimum absolute atomic E-state index is 0.134. The Hall–Kier alpha value is -1.79. The maximum Gasteiger partial charge on any atom is 0.263 e. The van der Waals surface area contributed by atoms with Crippen molar-refractivity contribution in [2.75, 3.05) is 19.6 Å². The molecule has 0 radical (unpaired) electrons. The number of nitrogens with one attached hydrogen (secondary N) is 2. The molecule has 1 fully saturated rings. The third kappa shape index (κ3) is 3.51. The van der Waals surface area contributed by atoms with Gasteiger partial charge in [0.2, 0.25) is 0 Å². The van der Waals surface area contributed by atoms with Gasteiger partial charge in [-0.3, -0.25) is 4.79 Å². The predicted octanol–water partition coefficient (Wildman–Crippen LogP) is 2.68. The number of carbonyl (C=O) groups is 1. The summed E-state index contributed by atoms with van der Waals surface area (Å²) in [6.45, 7) is 2.67. The second-order valence-corrected chi connectivity index (χ2v) is 6.46. The van der Waals surface area contributed by atoms with E-state index >= 15 is 0 Å². The fourth-order valence-corrected chi connectivity index (χ4v) is 3.42. The summed E-state index contributed by atoms with van der Waals surface area (Å²) in [5.41, 5.74) is 0.433. The molecule has 2 aromatic rings. The molecule has 0 saturated carbocycles. The second kappa shape index (κ2) is 6.98. The number of carbonyl (C=O) groups excluding carboxylic acids is 1. The molecule has 0 bridgehead atoms. The average Bonchev–Trinajstić information content (AvgIpc) is 3.04. The van der Waals surface area contributed by atoms with Gasteiger partial charge < -0.3 is 10.6 Å². The Bertz CT molecular complexity index is 652. The minimum Gasteiger partial charge on any atom is -0.351 e. The molecule has 116 valence electrons. The largest absolute Gasteiger partial charge is 0.351 e. The van der Waals surface area contributed by atoms with E-state index in [1.165, 1.54) is 23.6 Å². The van der Waals surface area contributed by atoms with E-state index in [2.05, 4.69) is 15.6 Å². The van der Waals surface area contributed by atoms with E-state index in [4.69, 9.17) is 0 Å². The van der Waals surface area contributed by atoms with Gasteiger partial charge >= 0.3 is 0 Å². The predicted molar refractivity (Wildman–Crippen MR) is 85.4 cm³/mol. The molecule has 1 aromatic carbocycles. The number of nitrogens with zero attached hydrogens (tertiary/aromatic N) is 1. The molecule has 0 spiro atoms. The van der Waals surface area contributed by atoms with Gasteiger partial charge in [0.1, 0.15) is 15.7 Å². The van der Waals surface area contributed by atoms with Gasteiger partial charge in [0.25, 0.3) is 5.91 Å². The molecule has 2 N–H and O–H groups in total. The van der Waals surface area contributed by atoms with E-state index in [1.54, 1.807) is 18.2 Å². The summed E-state index contributed by atoms with van der Waals surface area (Å²) in [6.07, 6.45) is 3.80. The van der Waals surface area contributed by atoms with Crippen LogP contribution in [0.15, 0.2) is 30.5 Å². The molecule has 22 heavy (non-hydrogen) atoms. The average molecular weight is 319 g/mol. The molecule has 1 aromatic heterocycles. The third-order valence-corrected chi connectivity index (χ3v) is 4.81. The maximum atomic E-state index is 13.7. The van der Waals surface area contributed by atoms with Crippen molar-refractivity contribution in [2.24, 2.45) is 5.92 Å². The van der Waals surface area contributed by atoms with E-state index in [0.717, 1.165) is 25.9 Å². The Balaban J connectivity index is 1.63. The van der Waals surface area contributed by atoms with Crippen LogP contribution in [-0.2, 0) is 0 Å². The number of halogens is 1. The summed E-state index contributed by atoms with van der Waals surface area (Å²) in [5, 5.41) is 6.80. The third-order valence-electron chi connectivity index (χ3n) is 3.78. The molecule has 1 aliphatic heterocycles. The monoisotopic (exact) mass is 319 g/mol. The molecular weight excluding hydrogens is 301 g/mol. The first-order chi connectivity index (χ1) is 10.7. The highest BCUT2D eigenvalue weighted by Crippen LogP contribution is 2.27. The minimum atomic E-state index is -0.322. The van der Waals surface area contributed by atoms with Crippen molar-refractivity contribution in [3.8, 4) is 10.6 Å². The Morgan fingerprint density at radius 3 is 3.09 bits per heavy atom. The van der Waals surface area contributed by atoms with Crippen LogP contribution in [0.3, 0.4) is 0 Å². The van der Waals surface area contributed by atoms with Crippen molar-refractivity contribution < 1.29 is 9.18 Å². The summed E-state index contributed by atoms with van der Waals surface area (Å²) in [6, 6.07) is 6.46. The number of rotatable bonds is 4. The second-order valence-electron chi connectivity index (χ2n) is 5.43. The van der Waals surface area contributed by atoms with Crippen LogP contribution in [0, 0.1) is 11.7 Å². The highest BCUT2D eigenvalue weighted by molar-refractivity contribution is 7.16. The Kier molecular flexibility index (Phi) is 4.80. The molecule has 2 heterocycles. The molecule has 4 nitrogen and oxygen atoms in total. The van der Waals surface area contributed by atoms with Crippen LogP contribution < -0.4 is 10.6 Å². The molecule has 6 heteroatoms. The van der Waals surface area contributed by atoms with Gasteiger partial charge in [-0.05, 0) is 44.0 Å². The van der Waals surface area contributed by atoms with Crippen molar-refractivity contribution in [3.05, 3.63) is 41.2 Å². The van der Waals surface area contributed by atoms with Crippen LogP contribution in [0.2, 0.25) is 0 Å². The fourth-order valence-electron chi connectivity index (χ4n) is 2.56. The topological polar surface area (TPSA) is 54.0 Å². The zero-order valence-corrected chi connectivity index (χ0v) is 13.0. The summed E-state index contributed by atoms with van der Waals surface area (Å²) in [4.78, 5) is 16.8. The van der Waals surface area contributed by atoms with Gasteiger partial charge in [0.05, 0.1) is 6.20 Å². The van der Waals surface area contributed by atoms with Crippen LogP contribution in [0.1, 0.15) is 22.5 Å². The molecule has 3 rings (SSSR count). The summed E-state index contributed by atoms with van der Waals surface area (Å²) in [7, 11) is 0. The standard InChI is InChI=1S/C16H18FN3OS/c17-13-6-2-1-5-12(13)16-20-10-14(22-16)15(21)19-9-11-4-3-7-18-8-11/h1-2,5-6,10-11,18H,3-4,7-9H2,(H,19,21). The lowest BCUT2D eigenvalue weighted by molar-refractivity contribution is 0.0948. The highest BCUT2D eigenvalue weighted by Gasteiger charge is 2.17. The van der Waals surface area contributed by atoms with Gasteiger partial charge in [-0.15, -0.1) is 11.3 Å². The Labute approximate surface area is 132 Å². The van der Waals surface area contributed by atoms with Gasteiger partial charge in [-0.1, -0.05) is 12.1 Å². The zero-order valence-electron chi connectivity index (χ0n) is 12.1. The molecule has 0 aliphatic carbocycles. The molecule has 1 unspecified atom stereocenters. The molecule has 1 amide bonds. The van der Waals surface area contributed by atoms with Gasteiger partial charge in [-0.25, -0.2) is 9.37 Å². The van der Waals surface area contributed by atoms with Crippen LogP contribution in [0.5, 0.6) is 0 Å². The SMILES string of the molecule is O=C(NCC1CCCNC1)c1cnc(-c2ccccc2F)s1. The number of benzene rings is 1. The van der Waals surface area contributed by atoms with Crippen molar-refractivity contribution in [3.63, 3.8) is 0 Å². The first-order valence-electron chi connectivity index (χ1n) is 7.43. The molecular formula is C16H18FN3OS. The quantitative estimate of drug-likeness (QED) is 0.911. The Morgan fingerprint density at radius 1 is 1.45 bits per heavy atom. The molecule has 1 saturated heterocycles. The van der Waals surface area contributed by atoms with E-state index in [9.17, 15) is 9.18 Å². The van der Waals surface area contributed by atoms with Crippen molar-refractivity contribution in [2.45, 2.75) is 12.8 Å². The van der Waals surface area contributed by atoms with E-state index in [1.807, 2.05) is 0 Å². The zero-order chi connectivity index (χ0) is 15.4. The lowest BCUT2D eigenvalue weighted by atomic mass is 10.00. The van der Waals surface area contributed by atoms with Crippen LogP contribution in [-0.4, -0.2) is 30.5 Å². The smallest absolute Gasteiger partial charge is 0.263 e. The van der Waals surface area contributed by atoms with Crippen LogP contribution >= 0.6 is 11.3 Å². The van der Waals surface area contributed by atoms with Gasteiger partial charge in [-0.2, -0.15) is 0 Å². The Morgan fingerprint density at radius 2 is 2.32 bits per heavy atom. The normalized spacial score (nSPS) is 18.1. The van der Waals surface area contributed by atoms with Gasteiger partial charge in [0.15, 0.2) is 0 Å². The van der Waals surface area contributed by atoms with Crippen molar-refractivity contribution in [1.82, 2.24) is 15.6 Å². The molecule has 1 atom stereocenters. The van der Waals surface area contributed by atoms with E-state index < -0.39 is 0 Å². The van der Waals surface area contributed by atoms with Crippen molar-refractivity contribution >= 4 is 17.2 Å². The number of aromatic nitrogens is 1. The van der Waals surface area contributed by atoms with E-state index in [0.29, 0.717) is 27.9 Å². The van der Waals surface area contributed by atoms with E-state index in [-0.39, 0.29) is 11.7 Å². The first kappa shape index (κ1) is 15.1. The number of thiazole rings is 1. The van der Waals surface area contributed by atoms with Crippen LogP contribution in [0.4, 0.5) is 4.39 Å². The maximum absolute atomic E-state index is 13.7. The number of amides is 1. The van der Waals surface area contributed by atoms with Crippen molar-refractivity contribution in [1.29, 1.82) is 0 Å². The summed E-state index contributed by atoms with van der Waals surface area (Å²) in [5.74, 6) is 0.0272. The lowest BCUT2D eigenvalue weighted by Crippen LogP contribution is -2.37. The number of hydrogen-bond donors (Lipinski definition) is 2. The number of piperidine rings is 1. The first-order valence-corrected chi connectivity index (χ1v) is 8.25.